The molecule has 0 radical (unpaired) electrons. The molecule has 2 N–H and O–H groups in total. The zero-order valence-corrected chi connectivity index (χ0v) is 12.0. The first-order chi connectivity index (χ1) is 7.94. The average molecular weight is 262 g/mol. The van der Waals surface area contributed by atoms with Gasteiger partial charge in [-0.05, 0) is 31.7 Å². The quantitative estimate of drug-likeness (QED) is 0.762. The van der Waals surface area contributed by atoms with Gasteiger partial charge >= 0.3 is 0 Å². The standard InChI is InChI=1S/C12H26N2O2S/c1-4-12(10(2)3)14-17(15,16)9-11-7-5-6-8-13-11/h10-14H,4-9H2,1-3H3. The second kappa shape index (κ2) is 6.71. The van der Waals surface area contributed by atoms with Crippen LogP contribution in [0, 0.1) is 5.92 Å². The van der Waals surface area contributed by atoms with Crippen molar-refractivity contribution >= 4 is 10.0 Å². The number of rotatable bonds is 6. The Bertz CT molecular complexity index is 308. The van der Waals surface area contributed by atoms with Crippen LogP contribution in [0.3, 0.4) is 0 Å². The van der Waals surface area contributed by atoms with E-state index in [1.807, 2.05) is 6.92 Å². The summed E-state index contributed by atoms with van der Waals surface area (Å²) in [4.78, 5) is 0. The van der Waals surface area contributed by atoms with Crippen molar-refractivity contribution < 1.29 is 8.42 Å². The van der Waals surface area contributed by atoms with Crippen molar-refractivity contribution in [1.82, 2.24) is 10.0 Å². The summed E-state index contributed by atoms with van der Waals surface area (Å²) in [6.07, 6.45) is 4.11. The molecular weight excluding hydrogens is 236 g/mol. The van der Waals surface area contributed by atoms with Gasteiger partial charge in [0.25, 0.3) is 0 Å². The predicted molar refractivity (Wildman–Crippen MR) is 71.5 cm³/mol. The van der Waals surface area contributed by atoms with Crippen molar-refractivity contribution in [2.75, 3.05) is 12.3 Å². The van der Waals surface area contributed by atoms with Crippen molar-refractivity contribution in [2.24, 2.45) is 5.92 Å². The van der Waals surface area contributed by atoms with Gasteiger partial charge in [0.15, 0.2) is 0 Å². The molecule has 4 nitrogen and oxygen atoms in total. The SMILES string of the molecule is CCC(NS(=O)(=O)CC1CCCCN1)C(C)C. The van der Waals surface area contributed by atoms with Gasteiger partial charge in [0.2, 0.25) is 10.0 Å². The number of hydrogen-bond acceptors (Lipinski definition) is 3. The molecule has 0 bridgehead atoms. The van der Waals surface area contributed by atoms with Gasteiger partial charge in [0, 0.05) is 12.1 Å². The minimum Gasteiger partial charge on any atom is -0.313 e. The van der Waals surface area contributed by atoms with Crippen LogP contribution in [0.25, 0.3) is 0 Å². The summed E-state index contributed by atoms with van der Waals surface area (Å²) < 4.78 is 26.9. The first kappa shape index (κ1) is 14.9. The molecule has 1 saturated heterocycles. The monoisotopic (exact) mass is 262 g/mol. The Hall–Kier alpha value is -0.130. The molecule has 0 amide bonds. The molecule has 1 rings (SSSR count). The number of sulfonamides is 1. The number of nitrogens with one attached hydrogen (secondary N) is 2. The molecule has 0 aromatic rings. The lowest BCUT2D eigenvalue weighted by atomic mass is 10.0. The predicted octanol–water partition coefficient (Wildman–Crippen LogP) is 1.48. The summed E-state index contributed by atoms with van der Waals surface area (Å²) in [5.41, 5.74) is 0. The maximum atomic E-state index is 12.0. The number of hydrogen-bond donors (Lipinski definition) is 2. The van der Waals surface area contributed by atoms with Gasteiger partial charge in [-0.1, -0.05) is 27.2 Å². The molecular formula is C12H26N2O2S. The fourth-order valence-electron chi connectivity index (χ4n) is 2.30. The highest BCUT2D eigenvalue weighted by molar-refractivity contribution is 7.89. The van der Waals surface area contributed by atoms with E-state index in [1.54, 1.807) is 0 Å². The fraction of sp³-hybridized carbons (Fsp3) is 1.00. The normalized spacial score (nSPS) is 23.9. The molecule has 102 valence electrons. The summed E-state index contributed by atoms with van der Waals surface area (Å²) in [6, 6.07) is 0.189. The lowest BCUT2D eigenvalue weighted by Crippen LogP contribution is -2.46. The molecule has 1 heterocycles. The maximum absolute atomic E-state index is 12.0. The van der Waals surface area contributed by atoms with E-state index in [4.69, 9.17) is 0 Å². The van der Waals surface area contributed by atoms with E-state index in [2.05, 4.69) is 23.9 Å². The third-order valence-electron chi connectivity index (χ3n) is 3.41. The van der Waals surface area contributed by atoms with Crippen LogP contribution in [0.15, 0.2) is 0 Å². The molecule has 2 unspecified atom stereocenters. The minimum atomic E-state index is -3.15. The molecule has 0 aromatic heterocycles. The van der Waals surface area contributed by atoms with Gasteiger partial charge in [-0.25, -0.2) is 13.1 Å². The molecule has 1 fully saturated rings. The first-order valence-electron chi connectivity index (χ1n) is 6.68. The Morgan fingerprint density at radius 1 is 1.35 bits per heavy atom. The van der Waals surface area contributed by atoms with Crippen molar-refractivity contribution in [3.63, 3.8) is 0 Å². The summed E-state index contributed by atoms with van der Waals surface area (Å²) in [5, 5.41) is 3.28. The fourth-order valence-corrected chi connectivity index (χ4v) is 4.11. The maximum Gasteiger partial charge on any atom is 0.213 e. The van der Waals surface area contributed by atoms with Crippen LogP contribution in [0.4, 0.5) is 0 Å². The van der Waals surface area contributed by atoms with Crippen LogP contribution in [-0.2, 0) is 10.0 Å². The second-order valence-corrected chi connectivity index (χ2v) is 7.10. The molecule has 17 heavy (non-hydrogen) atoms. The third-order valence-corrected chi connectivity index (χ3v) is 4.91. The molecule has 0 spiro atoms. The molecule has 5 heteroatoms. The van der Waals surface area contributed by atoms with E-state index in [0.717, 1.165) is 32.2 Å². The summed E-state index contributed by atoms with van der Waals surface area (Å²) in [7, 11) is -3.15. The Kier molecular flexibility index (Phi) is 5.89. The second-order valence-electron chi connectivity index (χ2n) is 5.30. The van der Waals surface area contributed by atoms with Crippen LogP contribution in [-0.4, -0.2) is 32.8 Å². The van der Waals surface area contributed by atoms with Crippen LogP contribution in [0.5, 0.6) is 0 Å². The van der Waals surface area contributed by atoms with E-state index in [-0.39, 0.29) is 17.8 Å². The van der Waals surface area contributed by atoms with Crippen LogP contribution < -0.4 is 10.0 Å². The van der Waals surface area contributed by atoms with Gasteiger partial charge < -0.3 is 5.32 Å². The third kappa shape index (κ3) is 5.36. The lowest BCUT2D eigenvalue weighted by Gasteiger charge is -2.26. The van der Waals surface area contributed by atoms with E-state index in [1.165, 1.54) is 0 Å². The van der Waals surface area contributed by atoms with Gasteiger partial charge in [-0.3, -0.25) is 0 Å². The summed E-state index contributed by atoms with van der Waals surface area (Å²) >= 11 is 0. The van der Waals surface area contributed by atoms with Crippen LogP contribution in [0.1, 0.15) is 46.5 Å². The Labute approximate surface area is 106 Å². The Morgan fingerprint density at radius 3 is 2.53 bits per heavy atom. The van der Waals surface area contributed by atoms with Crippen molar-refractivity contribution in [3.8, 4) is 0 Å². The minimum absolute atomic E-state index is 0.0589. The van der Waals surface area contributed by atoms with E-state index < -0.39 is 10.0 Å². The average Bonchev–Trinajstić information content (AvgIpc) is 2.26. The van der Waals surface area contributed by atoms with Crippen LogP contribution >= 0.6 is 0 Å². The highest BCUT2D eigenvalue weighted by Crippen LogP contribution is 2.11. The van der Waals surface area contributed by atoms with Gasteiger partial charge in [-0.15, -0.1) is 0 Å². The molecule has 0 aliphatic carbocycles. The first-order valence-corrected chi connectivity index (χ1v) is 8.33. The smallest absolute Gasteiger partial charge is 0.213 e. The van der Waals surface area contributed by atoms with Gasteiger partial charge in [0.1, 0.15) is 0 Å². The molecule has 1 aliphatic rings. The number of piperidine rings is 1. The summed E-state index contributed by atoms with van der Waals surface area (Å²) in [6.45, 7) is 7.07. The molecule has 2 atom stereocenters. The van der Waals surface area contributed by atoms with Crippen molar-refractivity contribution in [3.05, 3.63) is 0 Å². The van der Waals surface area contributed by atoms with Gasteiger partial charge in [-0.2, -0.15) is 0 Å². The molecule has 0 aromatic carbocycles. The zero-order chi connectivity index (χ0) is 12.9. The van der Waals surface area contributed by atoms with Crippen molar-refractivity contribution in [1.29, 1.82) is 0 Å². The van der Waals surface area contributed by atoms with Crippen LogP contribution in [0.2, 0.25) is 0 Å². The summed E-state index contributed by atoms with van der Waals surface area (Å²) in [5.74, 6) is 0.560. The topological polar surface area (TPSA) is 58.2 Å². The largest absolute Gasteiger partial charge is 0.313 e. The zero-order valence-electron chi connectivity index (χ0n) is 11.2. The van der Waals surface area contributed by atoms with E-state index >= 15 is 0 Å². The lowest BCUT2D eigenvalue weighted by molar-refractivity contribution is 0.411. The van der Waals surface area contributed by atoms with Crippen molar-refractivity contribution in [2.45, 2.75) is 58.5 Å². The van der Waals surface area contributed by atoms with E-state index in [9.17, 15) is 8.42 Å². The Morgan fingerprint density at radius 2 is 2.06 bits per heavy atom. The molecule has 0 saturated carbocycles. The van der Waals surface area contributed by atoms with Gasteiger partial charge in [0.05, 0.1) is 5.75 Å². The molecule has 1 aliphatic heterocycles. The Balaban J connectivity index is 2.49. The highest BCUT2D eigenvalue weighted by atomic mass is 32.2. The highest BCUT2D eigenvalue weighted by Gasteiger charge is 2.24. The van der Waals surface area contributed by atoms with E-state index in [0.29, 0.717) is 5.92 Å².